The Morgan fingerprint density at radius 2 is 2.00 bits per heavy atom. The number of amides is 2. The average Bonchev–Trinajstić information content (AvgIpc) is 2.67. The van der Waals surface area contributed by atoms with Crippen molar-refractivity contribution >= 4 is 44.8 Å². The molecule has 29 heavy (non-hydrogen) atoms. The molecule has 0 radical (unpaired) electrons. The van der Waals surface area contributed by atoms with Gasteiger partial charge in [-0.1, -0.05) is 32.0 Å². The standard InChI is InChI=1S/C21H24N2O4S2/c1-13(2)16-6-4-5-14(3)21(16)23-19(24)9-10-29(26,27)15-7-8-18-17(11-15)22-20(25)12-28-18/h4-8,11,13H,9-10,12H2,1-3H3,(H,22,25)(H,23,24). The predicted octanol–water partition coefficient (Wildman–Crippen LogP) is 3.97. The lowest BCUT2D eigenvalue weighted by Gasteiger charge is -2.17. The van der Waals surface area contributed by atoms with Crippen molar-refractivity contribution in [3.63, 3.8) is 0 Å². The summed E-state index contributed by atoms with van der Waals surface area (Å²) in [6, 6.07) is 10.5. The Hall–Kier alpha value is -2.32. The first-order chi connectivity index (χ1) is 13.7. The molecule has 8 heteroatoms. The molecule has 2 N–H and O–H groups in total. The van der Waals surface area contributed by atoms with Crippen LogP contribution in [0.1, 0.15) is 37.3 Å². The van der Waals surface area contributed by atoms with E-state index in [1.807, 2.05) is 39.0 Å². The van der Waals surface area contributed by atoms with E-state index in [2.05, 4.69) is 10.6 Å². The zero-order valence-electron chi connectivity index (χ0n) is 16.6. The molecule has 0 atom stereocenters. The second-order valence-corrected chi connectivity index (χ2v) is 10.4. The van der Waals surface area contributed by atoms with Crippen LogP contribution in [0.15, 0.2) is 46.2 Å². The first kappa shape index (κ1) is 21.4. The molecule has 3 rings (SSSR count). The fourth-order valence-corrected chi connectivity index (χ4v) is 5.20. The molecule has 0 fully saturated rings. The Morgan fingerprint density at radius 3 is 2.72 bits per heavy atom. The van der Waals surface area contributed by atoms with Crippen LogP contribution in [-0.2, 0) is 19.4 Å². The number of sulfone groups is 1. The molecule has 0 aliphatic carbocycles. The zero-order chi connectivity index (χ0) is 21.2. The number of fused-ring (bicyclic) bond motifs is 1. The van der Waals surface area contributed by atoms with Crippen LogP contribution >= 0.6 is 11.8 Å². The third-order valence-electron chi connectivity index (χ3n) is 4.73. The van der Waals surface area contributed by atoms with Gasteiger partial charge in [-0.05, 0) is 42.2 Å². The number of carbonyl (C=O) groups excluding carboxylic acids is 2. The maximum atomic E-state index is 12.7. The SMILES string of the molecule is Cc1cccc(C(C)C)c1NC(=O)CCS(=O)(=O)c1ccc2c(c1)NC(=O)CS2. The van der Waals surface area contributed by atoms with Gasteiger partial charge in [0.2, 0.25) is 11.8 Å². The fourth-order valence-electron chi connectivity index (χ4n) is 3.14. The van der Waals surface area contributed by atoms with Crippen molar-refractivity contribution in [2.24, 2.45) is 0 Å². The molecule has 154 valence electrons. The van der Waals surface area contributed by atoms with Crippen LogP contribution in [0.25, 0.3) is 0 Å². The average molecular weight is 433 g/mol. The molecular formula is C21H24N2O4S2. The zero-order valence-corrected chi connectivity index (χ0v) is 18.2. The van der Waals surface area contributed by atoms with Crippen LogP contribution in [0.3, 0.4) is 0 Å². The monoisotopic (exact) mass is 432 g/mol. The first-order valence-electron chi connectivity index (χ1n) is 9.36. The summed E-state index contributed by atoms with van der Waals surface area (Å²) in [6.45, 7) is 6.00. The summed E-state index contributed by atoms with van der Waals surface area (Å²) in [6.07, 6.45) is -0.146. The molecule has 0 aromatic heterocycles. The van der Waals surface area contributed by atoms with Crippen molar-refractivity contribution < 1.29 is 18.0 Å². The van der Waals surface area contributed by atoms with E-state index in [1.165, 1.54) is 23.9 Å². The van der Waals surface area contributed by atoms with Crippen molar-refractivity contribution in [1.82, 2.24) is 0 Å². The van der Waals surface area contributed by atoms with Crippen LogP contribution in [0.4, 0.5) is 11.4 Å². The molecule has 2 aromatic carbocycles. The van der Waals surface area contributed by atoms with Crippen LogP contribution in [0.2, 0.25) is 0 Å². The number of para-hydroxylation sites is 1. The minimum absolute atomic E-state index is 0.102. The van der Waals surface area contributed by atoms with E-state index in [0.29, 0.717) is 11.4 Å². The normalized spacial score (nSPS) is 13.7. The van der Waals surface area contributed by atoms with Gasteiger partial charge in [0.15, 0.2) is 9.84 Å². The van der Waals surface area contributed by atoms with Gasteiger partial charge in [-0.15, -0.1) is 11.8 Å². The molecule has 0 saturated carbocycles. The summed E-state index contributed by atoms with van der Waals surface area (Å²) in [5.41, 5.74) is 3.20. The Morgan fingerprint density at radius 1 is 1.24 bits per heavy atom. The van der Waals surface area contributed by atoms with Crippen molar-refractivity contribution in [2.45, 2.75) is 42.9 Å². The first-order valence-corrected chi connectivity index (χ1v) is 12.0. The summed E-state index contributed by atoms with van der Waals surface area (Å²) in [7, 11) is -3.66. The highest BCUT2D eigenvalue weighted by Crippen LogP contribution is 2.33. The summed E-state index contributed by atoms with van der Waals surface area (Å²) in [4.78, 5) is 24.9. The van der Waals surface area contributed by atoms with E-state index in [-0.39, 0.29) is 34.8 Å². The molecule has 1 aliphatic rings. The number of hydrogen-bond acceptors (Lipinski definition) is 5. The molecule has 0 unspecified atom stereocenters. The van der Waals surface area contributed by atoms with E-state index in [4.69, 9.17) is 0 Å². The topological polar surface area (TPSA) is 92.3 Å². The van der Waals surface area contributed by atoms with E-state index in [0.717, 1.165) is 21.7 Å². The van der Waals surface area contributed by atoms with Gasteiger partial charge in [0.25, 0.3) is 0 Å². The van der Waals surface area contributed by atoms with Crippen molar-refractivity contribution in [1.29, 1.82) is 0 Å². The van der Waals surface area contributed by atoms with Crippen LogP contribution < -0.4 is 10.6 Å². The molecule has 0 bridgehead atoms. The van der Waals surface area contributed by atoms with E-state index in [9.17, 15) is 18.0 Å². The van der Waals surface area contributed by atoms with E-state index >= 15 is 0 Å². The number of aryl methyl sites for hydroxylation is 1. The molecular weight excluding hydrogens is 408 g/mol. The number of carbonyl (C=O) groups is 2. The second-order valence-electron chi connectivity index (χ2n) is 7.31. The number of rotatable bonds is 6. The van der Waals surface area contributed by atoms with Gasteiger partial charge in [0.1, 0.15) is 0 Å². The Labute approximate surface area is 175 Å². The lowest BCUT2D eigenvalue weighted by atomic mass is 9.98. The molecule has 6 nitrogen and oxygen atoms in total. The smallest absolute Gasteiger partial charge is 0.234 e. The number of benzene rings is 2. The minimum Gasteiger partial charge on any atom is -0.326 e. The number of nitrogens with one attached hydrogen (secondary N) is 2. The van der Waals surface area contributed by atoms with Gasteiger partial charge < -0.3 is 10.6 Å². The highest BCUT2D eigenvalue weighted by molar-refractivity contribution is 8.00. The summed E-state index contributed by atoms with van der Waals surface area (Å²) >= 11 is 1.37. The number of thioether (sulfide) groups is 1. The highest BCUT2D eigenvalue weighted by atomic mass is 32.2. The molecule has 0 saturated heterocycles. The van der Waals surface area contributed by atoms with Gasteiger partial charge in [-0.3, -0.25) is 9.59 Å². The van der Waals surface area contributed by atoms with Crippen molar-refractivity contribution in [3.8, 4) is 0 Å². The summed E-state index contributed by atoms with van der Waals surface area (Å²) < 4.78 is 25.4. The Balaban J connectivity index is 1.71. The quantitative estimate of drug-likeness (QED) is 0.721. The van der Waals surface area contributed by atoms with Gasteiger partial charge in [-0.2, -0.15) is 0 Å². The van der Waals surface area contributed by atoms with Gasteiger partial charge >= 0.3 is 0 Å². The molecule has 2 aromatic rings. The Bertz CT molecular complexity index is 1060. The van der Waals surface area contributed by atoms with Crippen LogP contribution in [0, 0.1) is 6.92 Å². The third-order valence-corrected chi connectivity index (χ3v) is 7.52. The maximum Gasteiger partial charge on any atom is 0.234 e. The number of anilines is 2. The van der Waals surface area contributed by atoms with Gasteiger partial charge in [0.05, 0.1) is 22.1 Å². The summed E-state index contributed by atoms with van der Waals surface area (Å²) in [5.74, 6) is -0.252. The van der Waals surface area contributed by atoms with E-state index < -0.39 is 9.84 Å². The lowest BCUT2D eigenvalue weighted by molar-refractivity contribution is -0.116. The largest absolute Gasteiger partial charge is 0.326 e. The molecule has 0 spiro atoms. The van der Waals surface area contributed by atoms with E-state index in [1.54, 1.807) is 6.07 Å². The highest BCUT2D eigenvalue weighted by Gasteiger charge is 2.22. The second kappa shape index (κ2) is 8.59. The van der Waals surface area contributed by atoms with Crippen LogP contribution in [0.5, 0.6) is 0 Å². The third kappa shape index (κ3) is 5.00. The predicted molar refractivity (Wildman–Crippen MR) is 116 cm³/mol. The van der Waals surface area contributed by atoms with Crippen molar-refractivity contribution in [2.75, 3.05) is 22.1 Å². The number of hydrogen-bond donors (Lipinski definition) is 2. The molecule has 2 amide bonds. The van der Waals surface area contributed by atoms with Gasteiger partial charge in [-0.25, -0.2) is 8.42 Å². The lowest BCUT2D eigenvalue weighted by Crippen LogP contribution is -2.20. The maximum absolute atomic E-state index is 12.7. The Kier molecular flexibility index (Phi) is 6.33. The molecule has 1 aliphatic heterocycles. The van der Waals surface area contributed by atoms with Gasteiger partial charge in [0, 0.05) is 17.0 Å². The fraction of sp³-hybridized carbons (Fsp3) is 0.333. The summed E-state index contributed by atoms with van der Waals surface area (Å²) in [5, 5.41) is 5.57. The van der Waals surface area contributed by atoms with Crippen molar-refractivity contribution in [3.05, 3.63) is 47.5 Å². The molecule has 1 heterocycles. The minimum atomic E-state index is -3.66. The van der Waals surface area contributed by atoms with Crippen LogP contribution in [-0.4, -0.2) is 31.7 Å².